The van der Waals surface area contributed by atoms with Gasteiger partial charge in [-0.1, -0.05) is 12.5 Å². The van der Waals surface area contributed by atoms with Crippen molar-refractivity contribution in [2.75, 3.05) is 5.32 Å². The maximum Gasteiger partial charge on any atom is 0.255 e. The van der Waals surface area contributed by atoms with Crippen molar-refractivity contribution < 1.29 is 4.79 Å². The van der Waals surface area contributed by atoms with Gasteiger partial charge >= 0.3 is 0 Å². The third-order valence-electron chi connectivity index (χ3n) is 5.86. The van der Waals surface area contributed by atoms with Crippen LogP contribution in [0.5, 0.6) is 0 Å². The second kappa shape index (κ2) is 8.22. The van der Waals surface area contributed by atoms with Gasteiger partial charge in [-0.2, -0.15) is 0 Å². The highest BCUT2D eigenvalue weighted by molar-refractivity contribution is 6.04. The number of anilines is 1. The first-order valence-electron chi connectivity index (χ1n) is 10.8. The molecule has 0 aliphatic carbocycles. The molecule has 1 N–H and O–H groups in total. The molecule has 0 spiro atoms. The summed E-state index contributed by atoms with van der Waals surface area (Å²) in [5.41, 5.74) is 4.52. The molecule has 0 fully saturated rings. The van der Waals surface area contributed by atoms with E-state index >= 15 is 0 Å². The van der Waals surface area contributed by atoms with Crippen molar-refractivity contribution in [3.8, 4) is 17.1 Å². The maximum absolute atomic E-state index is 12.8. The van der Waals surface area contributed by atoms with Crippen LogP contribution in [0, 0.1) is 6.92 Å². The number of hydrogen-bond acceptors (Lipinski definition) is 3. The van der Waals surface area contributed by atoms with Crippen LogP contribution < -0.4 is 5.32 Å². The number of amides is 1. The SMILES string of the molecule is Cc1ccc(C(=O)Nc2ccc(-c3nnc4n3CCCCC4)cc2)cc1-n1cccc1. The Kier molecular flexibility index (Phi) is 5.12. The van der Waals surface area contributed by atoms with E-state index in [2.05, 4.69) is 20.1 Å². The maximum atomic E-state index is 12.8. The molecular formula is C25H25N5O. The molecule has 6 nitrogen and oxygen atoms in total. The zero-order valence-corrected chi connectivity index (χ0v) is 17.6. The van der Waals surface area contributed by atoms with E-state index in [4.69, 9.17) is 0 Å². The Bertz CT molecular complexity index is 1210. The van der Waals surface area contributed by atoms with Crippen LogP contribution in [0.1, 0.15) is 41.0 Å². The van der Waals surface area contributed by atoms with Gasteiger partial charge in [0.15, 0.2) is 5.82 Å². The topological polar surface area (TPSA) is 64.7 Å². The number of carbonyl (C=O) groups is 1. The quantitative estimate of drug-likeness (QED) is 0.513. The molecule has 3 heterocycles. The first kappa shape index (κ1) is 19.3. The van der Waals surface area contributed by atoms with Crippen molar-refractivity contribution in [2.24, 2.45) is 0 Å². The summed E-state index contributed by atoms with van der Waals surface area (Å²) < 4.78 is 4.25. The molecule has 5 rings (SSSR count). The lowest BCUT2D eigenvalue weighted by Crippen LogP contribution is -2.12. The Hall–Kier alpha value is -3.67. The minimum atomic E-state index is -0.127. The lowest BCUT2D eigenvalue weighted by atomic mass is 10.1. The number of carbonyl (C=O) groups excluding carboxylic acids is 1. The first-order chi connectivity index (χ1) is 15.2. The molecule has 156 valence electrons. The van der Waals surface area contributed by atoms with Crippen LogP contribution in [0.4, 0.5) is 5.69 Å². The fraction of sp³-hybridized carbons (Fsp3) is 0.240. The van der Waals surface area contributed by atoms with Crippen LogP contribution in [0.15, 0.2) is 67.0 Å². The van der Waals surface area contributed by atoms with Gasteiger partial charge in [0.2, 0.25) is 0 Å². The summed E-state index contributed by atoms with van der Waals surface area (Å²) in [4.78, 5) is 12.8. The monoisotopic (exact) mass is 411 g/mol. The van der Waals surface area contributed by atoms with Gasteiger partial charge in [0.1, 0.15) is 5.82 Å². The molecule has 0 radical (unpaired) electrons. The van der Waals surface area contributed by atoms with E-state index in [0.29, 0.717) is 5.56 Å². The van der Waals surface area contributed by atoms with E-state index in [-0.39, 0.29) is 5.91 Å². The van der Waals surface area contributed by atoms with E-state index in [9.17, 15) is 4.79 Å². The van der Waals surface area contributed by atoms with E-state index < -0.39 is 0 Å². The van der Waals surface area contributed by atoms with Crippen molar-refractivity contribution >= 4 is 11.6 Å². The minimum Gasteiger partial charge on any atom is -0.324 e. The summed E-state index contributed by atoms with van der Waals surface area (Å²) in [6.45, 7) is 3.01. The minimum absolute atomic E-state index is 0.127. The molecule has 1 aliphatic rings. The number of benzene rings is 2. The predicted octanol–water partition coefficient (Wildman–Crippen LogP) is 5.02. The van der Waals surface area contributed by atoms with Crippen LogP contribution in [0.2, 0.25) is 0 Å². The van der Waals surface area contributed by atoms with E-state index in [1.807, 2.05) is 78.5 Å². The Morgan fingerprint density at radius 1 is 0.968 bits per heavy atom. The molecule has 2 aromatic heterocycles. The van der Waals surface area contributed by atoms with Gasteiger partial charge in [-0.15, -0.1) is 10.2 Å². The number of rotatable bonds is 4. The summed E-state index contributed by atoms with van der Waals surface area (Å²) in [7, 11) is 0. The molecular weight excluding hydrogens is 386 g/mol. The normalized spacial score (nSPS) is 13.5. The molecule has 0 saturated carbocycles. The van der Waals surface area contributed by atoms with Crippen molar-refractivity contribution in [3.63, 3.8) is 0 Å². The number of nitrogens with zero attached hydrogens (tertiary/aromatic N) is 4. The Morgan fingerprint density at radius 2 is 1.77 bits per heavy atom. The number of aryl methyl sites for hydroxylation is 2. The molecule has 0 atom stereocenters. The molecule has 0 unspecified atom stereocenters. The molecule has 0 bridgehead atoms. The average molecular weight is 412 g/mol. The molecule has 0 saturated heterocycles. The third-order valence-corrected chi connectivity index (χ3v) is 5.86. The van der Waals surface area contributed by atoms with E-state index in [0.717, 1.165) is 53.5 Å². The summed E-state index contributed by atoms with van der Waals surface area (Å²) in [6, 6.07) is 17.5. The molecule has 6 heteroatoms. The number of nitrogens with one attached hydrogen (secondary N) is 1. The van der Waals surface area contributed by atoms with Crippen LogP contribution >= 0.6 is 0 Å². The Labute approximate surface area is 181 Å². The summed E-state index contributed by atoms with van der Waals surface area (Å²) in [6.07, 6.45) is 8.52. The van der Waals surface area contributed by atoms with E-state index in [1.165, 1.54) is 12.8 Å². The van der Waals surface area contributed by atoms with Crippen molar-refractivity contribution in [1.82, 2.24) is 19.3 Å². The van der Waals surface area contributed by atoms with Gasteiger partial charge in [-0.25, -0.2) is 0 Å². The summed E-state index contributed by atoms with van der Waals surface area (Å²) in [5.74, 6) is 1.85. The van der Waals surface area contributed by atoms with Crippen molar-refractivity contribution in [1.29, 1.82) is 0 Å². The number of fused-ring (bicyclic) bond motifs is 1. The van der Waals surface area contributed by atoms with Gasteiger partial charge < -0.3 is 14.5 Å². The van der Waals surface area contributed by atoms with Gasteiger partial charge in [0.05, 0.1) is 0 Å². The first-order valence-corrected chi connectivity index (χ1v) is 10.8. The highest BCUT2D eigenvalue weighted by Crippen LogP contribution is 2.24. The zero-order chi connectivity index (χ0) is 21.2. The molecule has 1 amide bonds. The summed E-state index contributed by atoms with van der Waals surface area (Å²) >= 11 is 0. The van der Waals surface area contributed by atoms with Crippen LogP contribution in [0.3, 0.4) is 0 Å². The largest absolute Gasteiger partial charge is 0.324 e. The van der Waals surface area contributed by atoms with E-state index in [1.54, 1.807) is 0 Å². The van der Waals surface area contributed by atoms with Crippen LogP contribution in [-0.2, 0) is 13.0 Å². The number of hydrogen-bond donors (Lipinski definition) is 1. The summed E-state index contributed by atoms with van der Waals surface area (Å²) in [5, 5.41) is 11.8. The highest BCUT2D eigenvalue weighted by Gasteiger charge is 2.16. The second-order valence-electron chi connectivity index (χ2n) is 8.03. The predicted molar refractivity (Wildman–Crippen MR) is 121 cm³/mol. The highest BCUT2D eigenvalue weighted by atomic mass is 16.1. The van der Waals surface area contributed by atoms with Gasteiger partial charge in [0, 0.05) is 47.9 Å². The molecule has 31 heavy (non-hydrogen) atoms. The van der Waals surface area contributed by atoms with Gasteiger partial charge in [0.25, 0.3) is 5.91 Å². The van der Waals surface area contributed by atoms with Crippen LogP contribution in [0.25, 0.3) is 17.1 Å². The van der Waals surface area contributed by atoms with Crippen LogP contribution in [-0.4, -0.2) is 25.2 Å². The average Bonchev–Trinajstić information content (AvgIpc) is 3.40. The van der Waals surface area contributed by atoms with Crippen molar-refractivity contribution in [2.45, 2.75) is 39.2 Å². The lowest BCUT2D eigenvalue weighted by molar-refractivity contribution is 0.102. The van der Waals surface area contributed by atoms with Crippen molar-refractivity contribution in [3.05, 3.63) is 83.9 Å². The third kappa shape index (κ3) is 3.89. The zero-order valence-electron chi connectivity index (χ0n) is 17.6. The molecule has 2 aromatic carbocycles. The Morgan fingerprint density at radius 3 is 2.58 bits per heavy atom. The smallest absolute Gasteiger partial charge is 0.255 e. The van der Waals surface area contributed by atoms with Gasteiger partial charge in [-0.3, -0.25) is 4.79 Å². The number of aromatic nitrogens is 4. The van der Waals surface area contributed by atoms with Gasteiger partial charge in [-0.05, 0) is 73.9 Å². The standard InChI is InChI=1S/C25H25N5O/c1-18-8-9-20(17-22(18)29-14-5-6-15-29)25(31)26-21-12-10-19(11-13-21)24-28-27-23-7-3-2-4-16-30(23)24/h5-6,8-15,17H,2-4,7,16H2,1H3,(H,26,31). The fourth-order valence-corrected chi connectivity index (χ4v) is 4.13. The molecule has 1 aliphatic heterocycles. The lowest BCUT2D eigenvalue weighted by Gasteiger charge is -2.11. The Balaban J connectivity index is 1.34. The second-order valence-corrected chi connectivity index (χ2v) is 8.03. The molecule has 4 aromatic rings. The fourth-order valence-electron chi connectivity index (χ4n) is 4.13.